The van der Waals surface area contributed by atoms with Gasteiger partial charge in [-0.1, -0.05) is 6.92 Å². The van der Waals surface area contributed by atoms with Crippen LogP contribution >= 0.6 is 0 Å². The van der Waals surface area contributed by atoms with Gasteiger partial charge in [-0.15, -0.1) is 0 Å². The van der Waals surface area contributed by atoms with Crippen LogP contribution in [0, 0.1) is 5.92 Å². The van der Waals surface area contributed by atoms with Crippen LogP contribution in [-0.2, 0) is 12.0 Å². The molecule has 1 aliphatic heterocycles. The molecule has 0 radical (unpaired) electrons. The van der Waals surface area contributed by atoms with E-state index in [9.17, 15) is 4.79 Å². The predicted octanol–water partition coefficient (Wildman–Crippen LogP) is 2.40. The van der Waals surface area contributed by atoms with E-state index in [0.29, 0.717) is 5.92 Å². The van der Waals surface area contributed by atoms with E-state index >= 15 is 0 Å². The molecule has 2 atom stereocenters. The minimum Gasteiger partial charge on any atom is -0.338 e. The normalized spacial score (nSPS) is 21.0. The molecule has 1 aromatic rings. The smallest absolute Gasteiger partial charge is 0.257 e. The first-order chi connectivity index (χ1) is 10.3. The van der Waals surface area contributed by atoms with Gasteiger partial charge >= 0.3 is 0 Å². The fourth-order valence-electron chi connectivity index (χ4n) is 3.26. The van der Waals surface area contributed by atoms with Crippen LogP contribution in [0.15, 0.2) is 6.20 Å². The van der Waals surface area contributed by atoms with Crippen LogP contribution in [0.2, 0.25) is 0 Å². The molecule has 1 aromatic heterocycles. The molecular weight excluding hydrogens is 276 g/mol. The van der Waals surface area contributed by atoms with Crippen molar-refractivity contribution >= 4 is 5.91 Å². The SMILES string of the molecule is CCc1c(C(=O)N2CCCC(C(C)N)C2)cnn1C(C)(C)C. The summed E-state index contributed by atoms with van der Waals surface area (Å²) < 4.78 is 1.98. The molecule has 5 heteroatoms. The summed E-state index contributed by atoms with van der Waals surface area (Å²) in [4.78, 5) is 14.9. The van der Waals surface area contributed by atoms with E-state index in [1.165, 1.54) is 0 Å². The van der Waals surface area contributed by atoms with Crippen LogP contribution in [0.1, 0.15) is 63.5 Å². The summed E-state index contributed by atoms with van der Waals surface area (Å²) in [5.74, 6) is 0.512. The number of likely N-dealkylation sites (tertiary alicyclic amines) is 1. The number of rotatable bonds is 3. The summed E-state index contributed by atoms with van der Waals surface area (Å²) in [6.45, 7) is 12.0. The molecule has 2 N–H and O–H groups in total. The van der Waals surface area contributed by atoms with E-state index in [2.05, 4.69) is 32.8 Å². The van der Waals surface area contributed by atoms with Crippen molar-refractivity contribution in [3.63, 3.8) is 0 Å². The summed E-state index contributed by atoms with van der Waals surface area (Å²) in [6.07, 6.45) is 4.70. The second-order valence-electron chi connectivity index (χ2n) is 7.45. The van der Waals surface area contributed by atoms with Crippen molar-refractivity contribution < 1.29 is 4.79 Å². The van der Waals surface area contributed by atoms with Crippen molar-refractivity contribution in [3.05, 3.63) is 17.5 Å². The van der Waals surface area contributed by atoms with Crippen LogP contribution in [0.4, 0.5) is 0 Å². The van der Waals surface area contributed by atoms with E-state index < -0.39 is 0 Å². The number of carbonyl (C=O) groups is 1. The largest absolute Gasteiger partial charge is 0.338 e. The molecule has 0 aromatic carbocycles. The first-order valence-electron chi connectivity index (χ1n) is 8.38. The summed E-state index contributed by atoms with van der Waals surface area (Å²) in [5, 5.41) is 4.47. The topological polar surface area (TPSA) is 64.2 Å². The Hall–Kier alpha value is -1.36. The minimum absolute atomic E-state index is 0.109. The Morgan fingerprint density at radius 3 is 2.73 bits per heavy atom. The van der Waals surface area contributed by atoms with Gasteiger partial charge < -0.3 is 10.6 Å². The maximum atomic E-state index is 12.9. The van der Waals surface area contributed by atoms with Gasteiger partial charge in [-0.05, 0) is 52.9 Å². The third kappa shape index (κ3) is 3.35. The van der Waals surface area contributed by atoms with Gasteiger partial charge in [0.2, 0.25) is 0 Å². The van der Waals surface area contributed by atoms with Crippen LogP contribution in [-0.4, -0.2) is 39.7 Å². The van der Waals surface area contributed by atoms with Gasteiger partial charge in [0.1, 0.15) is 0 Å². The quantitative estimate of drug-likeness (QED) is 0.932. The molecule has 0 bridgehead atoms. The number of carbonyl (C=O) groups excluding carboxylic acids is 1. The lowest BCUT2D eigenvalue weighted by molar-refractivity contribution is 0.0659. The number of nitrogens with zero attached hydrogens (tertiary/aromatic N) is 3. The first-order valence-corrected chi connectivity index (χ1v) is 8.38. The van der Waals surface area contributed by atoms with Crippen LogP contribution < -0.4 is 5.73 Å². The molecule has 1 fully saturated rings. The number of piperidine rings is 1. The fourth-order valence-corrected chi connectivity index (χ4v) is 3.26. The van der Waals surface area contributed by atoms with Crippen molar-refractivity contribution in [1.29, 1.82) is 0 Å². The Balaban J connectivity index is 2.24. The second-order valence-corrected chi connectivity index (χ2v) is 7.45. The number of hydrogen-bond donors (Lipinski definition) is 1. The van der Waals surface area contributed by atoms with Crippen molar-refractivity contribution in [3.8, 4) is 0 Å². The number of aromatic nitrogens is 2. The highest BCUT2D eigenvalue weighted by atomic mass is 16.2. The van der Waals surface area contributed by atoms with Crippen molar-refractivity contribution in [2.75, 3.05) is 13.1 Å². The third-order valence-electron chi connectivity index (χ3n) is 4.56. The Morgan fingerprint density at radius 1 is 1.50 bits per heavy atom. The predicted molar refractivity (Wildman–Crippen MR) is 88.9 cm³/mol. The molecule has 0 aliphatic carbocycles. The molecule has 1 aliphatic rings. The molecule has 0 spiro atoms. The molecule has 0 saturated carbocycles. The highest BCUT2D eigenvalue weighted by molar-refractivity contribution is 5.95. The maximum Gasteiger partial charge on any atom is 0.257 e. The number of amides is 1. The minimum atomic E-state index is -0.111. The molecule has 1 amide bonds. The van der Waals surface area contributed by atoms with Gasteiger partial charge in [0.15, 0.2) is 0 Å². The lowest BCUT2D eigenvalue weighted by Crippen LogP contribution is -2.45. The molecule has 1 saturated heterocycles. The third-order valence-corrected chi connectivity index (χ3v) is 4.56. The van der Waals surface area contributed by atoms with Crippen molar-refractivity contribution in [1.82, 2.24) is 14.7 Å². The van der Waals surface area contributed by atoms with Crippen LogP contribution in [0.5, 0.6) is 0 Å². The fraction of sp³-hybridized carbons (Fsp3) is 0.765. The summed E-state index contributed by atoms with van der Waals surface area (Å²) in [5.41, 5.74) is 7.70. The zero-order chi connectivity index (χ0) is 16.5. The lowest BCUT2D eigenvalue weighted by Gasteiger charge is -2.34. The first kappa shape index (κ1) is 17.0. The highest BCUT2D eigenvalue weighted by Crippen LogP contribution is 2.24. The Bertz CT molecular complexity index is 527. The molecule has 22 heavy (non-hydrogen) atoms. The molecule has 5 nitrogen and oxygen atoms in total. The zero-order valence-electron chi connectivity index (χ0n) is 14.6. The summed E-state index contributed by atoms with van der Waals surface area (Å²) in [6, 6.07) is 0.138. The van der Waals surface area contributed by atoms with E-state index in [1.54, 1.807) is 6.20 Å². The summed E-state index contributed by atoms with van der Waals surface area (Å²) in [7, 11) is 0. The standard InChI is InChI=1S/C17H30N4O/c1-6-15-14(10-19-21(15)17(3,4)5)16(22)20-9-7-8-13(11-20)12(2)18/h10,12-13H,6-9,11,18H2,1-5H3. The van der Waals surface area contributed by atoms with E-state index in [0.717, 1.165) is 43.6 Å². The second kappa shape index (κ2) is 6.41. The average molecular weight is 306 g/mol. The van der Waals surface area contributed by atoms with Crippen molar-refractivity contribution in [2.24, 2.45) is 11.7 Å². The van der Waals surface area contributed by atoms with Gasteiger partial charge in [-0.3, -0.25) is 9.48 Å². The van der Waals surface area contributed by atoms with Gasteiger partial charge in [-0.2, -0.15) is 5.10 Å². The number of hydrogen-bond acceptors (Lipinski definition) is 3. The summed E-state index contributed by atoms with van der Waals surface area (Å²) >= 11 is 0. The van der Waals surface area contributed by atoms with Gasteiger partial charge in [0, 0.05) is 19.1 Å². The maximum absolute atomic E-state index is 12.9. The molecule has 2 heterocycles. The molecule has 2 unspecified atom stereocenters. The highest BCUT2D eigenvalue weighted by Gasteiger charge is 2.30. The van der Waals surface area contributed by atoms with E-state index in [1.807, 2.05) is 16.5 Å². The lowest BCUT2D eigenvalue weighted by atomic mass is 9.92. The van der Waals surface area contributed by atoms with E-state index in [4.69, 9.17) is 5.73 Å². The monoisotopic (exact) mass is 306 g/mol. The Morgan fingerprint density at radius 2 is 2.18 bits per heavy atom. The molecule has 124 valence electrons. The zero-order valence-corrected chi connectivity index (χ0v) is 14.6. The number of nitrogens with two attached hydrogens (primary N) is 1. The Kier molecular flexibility index (Phi) is 4.95. The molecule has 2 rings (SSSR count). The van der Waals surface area contributed by atoms with Crippen molar-refractivity contribution in [2.45, 2.75) is 65.5 Å². The van der Waals surface area contributed by atoms with Gasteiger partial charge in [0.05, 0.1) is 23.0 Å². The van der Waals surface area contributed by atoms with E-state index in [-0.39, 0.29) is 17.5 Å². The van der Waals surface area contributed by atoms with Crippen LogP contribution in [0.25, 0.3) is 0 Å². The average Bonchev–Trinajstić information content (AvgIpc) is 2.90. The molecular formula is C17H30N4O. The van der Waals surface area contributed by atoms with Gasteiger partial charge in [0.25, 0.3) is 5.91 Å². The van der Waals surface area contributed by atoms with Gasteiger partial charge in [-0.25, -0.2) is 0 Å². The van der Waals surface area contributed by atoms with Crippen LogP contribution in [0.3, 0.4) is 0 Å². The Labute approximate surface area is 133 Å².